The van der Waals surface area contributed by atoms with Crippen LogP contribution in [0.1, 0.15) is 15.9 Å². The Balaban J connectivity index is 2.08. The topological polar surface area (TPSA) is 130 Å². The van der Waals surface area contributed by atoms with Crippen LogP contribution in [0.5, 0.6) is 5.75 Å². The molecular weight excluding hydrogens is 356 g/mol. The van der Waals surface area contributed by atoms with E-state index in [9.17, 15) is 22.9 Å². The number of phenolic OH excluding ortho intramolecular Hbond substituents is 1. The number of rotatable bonds is 3. The standard InChI is InChI=1S/C18H16N2O5S/c1-10-2-3-11(8-15(10)19)18(22)20-16-6-7-17(21)13-5-4-12(9-14(13)16)26(23,24)25/h2-9,21H,19H2,1H3,(H,20,22)(H,23,24,25). The minimum Gasteiger partial charge on any atom is -0.507 e. The number of benzene rings is 3. The largest absolute Gasteiger partial charge is 0.507 e. The van der Waals surface area contributed by atoms with E-state index >= 15 is 0 Å². The Labute approximate surface area is 149 Å². The summed E-state index contributed by atoms with van der Waals surface area (Å²) in [6.07, 6.45) is 0. The van der Waals surface area contributed by atoms with Crippen molar-refractivity contribution in [2.75, 3.05) is 11.1 Å². The number of nitrogens with two attached hydrogens (primary N) is 1. The number of nitrogens with one attached hydrogen (secondary N) is 1. The molecule has 3 aromatic carbocycles. The number of anilines is 2. The van der Waals surface area contributed by atoms with E-state index in [0.29, 0.717) is 16.6 Å². The van der Waals surface area contributed by atoms with Crippen molar-refractivity contribution in [1.82, 2.24) is 0 Å². The Morgan fingerprint density at radius 3 is 2.42 bits per heavy atom. The molecule has 1 amide bonds. The van der Waals surface area contributed by atoms with E-state index in [1.54, 1.807) is 12.1 Å². The van der Waals surface area contributed by atoms with Gasteiger partial charge in [-0.3, -0.25) is 9.35 Å². The van der Waals surface area contributed by atoms with Gasteiger partial charge in [0.05, 0.1) is 4.90 Å². The van der Waals surface area contributed by atoms with E-state index in [0.717, 1.165) is 5.56 Å². The molecule has 7 nitrogen and oxygen atoms in total. The molecule has 0 spiro atoms. The average Bonchev–Trinajstić information content (AvgIpc) is 2.58. The van der Waals surface area contributed by atoms with Gasteiger partial charge in [-0.05, 0) is 55.0 Å². The highest BCUT2D eigenvalue weighted by Gasteiger charge is 2.15. The smallest absolute Gasteiger partial charge is 0.294 e. The van der Waals surface area contributed by atoms with Gasteiger partial charge in [-0.25, -0.2) is 0 Å². The van der Waals surface area contributed by atoms with Crippen LogP contribution < -0.4 is 11.1 Å². The predicted molar refractivity (Wildman–Crippen MR) is 99.0 cm³/mol. The summed E-state index contributed by atoms with van der Waals surface area (Å²) in [5.41, 5.74) is 7.76. The highest BCUT2D eigenvalue weighted by Crippen LogP contribution is 2.33. The van der Waals surface area contributed by atoms with Crippen molar-refractivity contribution in [2.45, 2.75) is 11.8 Å². The van der Waals surface area contributed by atoms with Crippen LogP contribution in [0.3, 0.4) is 0 Å². The maximum absolute atomic E-state index is 12.5. The second-order valence-corrected chi connectivity index (χ2v) is 7.26. The number of carbonyl (C=O) groups excluding carboxylic acids is 1. The lowest BCUT2D eigenvalue weighted by Gasteiger charge is -2.12. The first-order valence-corrected chi connectivity index (χ1v) is 9.01. The quantitative estimate of drug-likeness (QED) is 0.318. The van der Waals surface area contributed by atoms with Gasteiger partial charge in [0, 0.05) is 27.7 Å². The molecule has 0 heterocycles. The molecule has 26 heavy (non-hydrogen) atoms. The summed E-state index contributed by atoms with van der Waals surface area (Å²) >= 11 is 0. The number of aromatic hydroxyl groups is 1. The molecule has 8 heteroatoms. The van der Waals surface area contributed by atoms with Gasteiger partial charge in [-0.15, -0.1) is 0 Å². The highest BCUT2D eigenvalue weighted by atomic mass is 32.2. The van der Waals surface area contributed by atoms with Gasteiger partial charge in [0.15, 0.2) is 0 Å². The SMILES string of the molecule is Cc1ccc(C(=O)Nc2ccc(O)c3ccc(S(=O)(=O)O)cc23)cc1N. The lowest BCUT2D eigenvalue weighted by molar-refractivity contribution is 0.102. The summed E-state index contributed by atoms with van der Waals surface area (Å²) in [6, 6.07) is 11.4. The van der Waals surface area contributed by atoms with Gasteiger partial charge < -0.3 is 16.2 Å². The summed E-state index contributed by atoms with van der Waals surface area (Å²) in [6.45, 7) is 1.82. The lowest BCUT2D eigenvalue weighted by Crippen LogP contribution is -2.13. The highest BCUT2D eigenvalue weighted by molar-refractivity contribution is 7.85. The van der Waals surface area contributed by atoms with Crippen molar-refractivity contribution in [3.63, 3.8) is 0 Å². The predicted octanol–water partition coefficient (Wildman–Crippen LogP) is 2.94. The number of carbonyl (C=O) groups is 1. The Kier molecular flexibility index (Phi) is 4.31. The van der Waals surface area contributed by atoms with Crippen LogP contribution in [0.15, 0.2) is 53.4 Å². The van der Waals surface area contributed by atoms with Crippen LogP contribution in [0.2, 0.25) is 0 Å². The summed E-state index contributed by atoms with van der Waals surface area (Å²) < 4.78 is 32.0. The molecule has 0 radical (unpaired) electrons. The molecular formula is C18H16N2O5S. The van der Waals surface area contributed by atoms with Crippen LogP contribution in [0.4, 0.5) is 11.4 Å². The first kappa shape index (κ1) is 17.7. The van der Waals surface area contributed by atoms with Gasteiger partial charge in [0.1, 0.15) is 5.75 Å². The van der Waals surface area contributed by atoms with Crippen molar-refractivity contribution in [2.24, 2.45) is 0 Å². The van der Waals surface area contributed by atoms with Crippen molar-refractivity contribution in [3.8, 4) is 5.75 Å². The molecule has 0 aromatic heterocycles. The van der Waals surface area contributed by atoms with Crippen LogP contribution in [-0.4, -0.2) is 24.0 Å². The summed E-state index contributed by atoms with van der Waals surface area (Å²) in [7, 11) is -4.43. The zero-order valence-corrected chi connectivity index (χ0v) is 14.5. The average molecular weight is 372 g/mol. The van der Waals surface area contributed by atoms with E-state index in [2.05, 4.69) is 5.32 Å². The van der Waals surface area contributed by atoms with Gasteiger partial charge in [0.25, 0.3) is 16.0 Å². The molecule has 0 aliphatic rings. The van der Waals surface area contributed by atoms with Gasteiger partial charge in [-0.2, -0.15) is 8.42 Å². The number of hydrogen-bond donors (Lipinski definition) is 4. The van der Waals surface area contributed by atoms with E-state index in [4.69, 9.17) is 5.73 Å². The van der Waals surface area contributed by atoms with Crippen molar-refractivity contribution < 1.29 is 22.9 Å². The third kappa shape index (κ3) is 3.32. The third-order valence-corrected chi connectivity index (χ3v) is 4.90. The molecule has 0 saturated heterocycles. The number of phenols is 1. The molecule has 0 bridgehead atoms. The summed E-state index contributed by atoms with van der Waals surface area (Å²) in [4.78, 5) is 12.1. The molecule has 134 valence electrons. The Hall–Kier alpha value is -3.10. The van der Waals surface area contributed by atoms with Crippen molar-refractivity contribution >= 4 is 38.2 Å². The Morgan fingerprint density at radius 2 is 1.77 bits per heavy atom. The molecule has 0 fully saturated rings. The molecule has 0 saturated carbocycles. The molecule has 0 unspecified atom stereocenters. The second-order valence-electron chi connectivity index (χ2n) is 5.84. The summed E-state index contributed by atoms with van der Waals surface area (Å²) in [5.74, 6) is -0.527. The molecule has 0 aliphatic heterocycles. The molecule has 3 rings (SSSR count). The number of hydrogen-bond acceptors (Lipinski definition) is 5. The summed E-state index contributed by atoms with van der Waals surface area (Å²) in [5, 5.41) is 13.2. The monoisotopic (exact) mass is 372 g/mol. The fourth-order valence-electron chi connectivity index (χ4n) is 2.56. The van der Waals surface area contributed by atoms with E-state index in [1.807, 2.05) is 6.92 Å². The molecule has 0 aliphatic carbocycles. The zero-order chi connectivity index (χ0) is 19.1. The molecule has 3 aromatic rings. The minimum atomic E-state index is -4.43. The number of nitrogen functional groups attached to an aromatic ring is 1. The Morgan fingerprint density at radius 1 is 1.04 bits per heavy atom. The Bertz CT molecular complexity index is 1140. The first-order chi connectivity index (χ1) is 12.2. The molecule has 0 atom stereocenters. The third-order valence-electron chi connectivity index (χ3n) is 4.05. The zero-order valence-electron chi connectivity index (χ0n) is 13.7. The van der Waals surface area contributed by atoms with Crippen molar-refractivity contribution in [3.05, 3.63) is 59.7 Å². The van der Waals surface area contributed by atoms with Crippen LogP contribution >= 0.6 is 0 Å². The number of amides is 1. The first-order valence-electron chi connectivity index (χ1n) is 7.57. The molecule has 5 N–H and O–H groups in total. The maximum Gasteiger partial charge on any atom is 0.294 e. The van der Waals surface area contributed by atoms with E-state index in [1.165, 1.54) is 36.4 Å². The van der Waals surface area contributed by atoms with Crippen molar-refractivity contribution in [1.29, 1.82) is 0 Å². The van der Waals surface area contributed by atoms with Gasteiger partial charge in [-0.1, -0.05) is 6.07 Å². The lowest BCUT2D eigenvalue weighted by atomic mass is 10.1. The fraction of sp³-hybridized carbons (Fsp3) is 0.0556. The van der Waals surface area contributed by atoms with Crippen LogP contribution in [0.25, 0.3) is 10.8 Å². The fourth-order valence-corrected chi connectivity index (χ4v) is 3.06. The van der Waals surface area contributed by atoms with E-state index < -0.39 is 16.0 Å². The normalized spacial score (nSPS) is 11.5. The van der Waals surface area contributed by atoms with E-state index in [-0.39, 0.29) is 21.7 Å². The number of fused-ring (bicyclic) bond motifs is 1. The second kappa shape index (κ2) is 6.32. The number of aryl methyl sites for hydroxylation is 1. The van der Waals surface area contributed by atoms with Crippen LogP contribution in [-0.2, 0) is 10.1 Å². The van der Waals surface area contributed by atoms with Crippen LogP contribution in [0, 0.1) is 6.92 Å². The maximum atomic E-state index is 12.5. The van der Waals surface area contributed by atoms with Gasteiger partial charge >= 0.3 is 0 Å². The minimum absolute atomic E-state index is 0.0838. The van der Waals surface area contributed by atoms with Gasteiger partial charge in [0.2, 0.25) is 0 Å².